The number of hydrogen-bond donors (Lipinski definition) is 1. The van der Waals surface area contributed by atoms with Gasteiger partial charge in [-0.1, -0.05) is 42.0 Å². The Kier molecular flexibility index (Phi) is 3.28. The highest BCUT2D eigenvalue weighted by Crippen LogP contribution is 2.38. The lowest BCUT2D eigenvalue weighted by atomic mass is 10.0. The number of rotatable bonds is 2. The molecule has 5 heteroatoms. The van der Waals surface area contributed by atoms with Crippen molar-refractivity contribution in [3.63, 3.8) is 0 Å². The van der Waals surface area contributed by atoms with Crippen molar-refractivity contribution in [3.05, 3.63) is 59.2 Å². The topological polar surface area (TPSA) is 32.9 Å². The summed E-state index contributed by atoms with van der Waals surface area (Å²) in [6, 6.07) is 11.1. The molecule has 0 atom stereocenters. The largest absolute Gasteiger partial charge is 0.418 e. The number of carbonyl (C=O) groups excluding carboxylic acids is 1. The SMILES string of the molecule is Cc1ccc(-c2[nH]c3c(C(F)(F)F)cccc3c2C=O)cc1. The molecule has 0 unspecified atom stereocenters. The minimum absolute atomic E-state index is 0.0623. The monoisotopic (exact) mass is 303 g/mol. The number of H-pyrrole nitrogens is 1. The summed E-state index contributed by atoms with van der Waals surface area (Å²) >= 11 is 0. The van der Waals surface area contributed by atoms with Gasteiger partial charge >= 0.3 is 6.18 Å². The molecule has 0 radical (unpaired) electrons. The van der Waals surface area contributed by atoms with Gasteiger partial charge in [-0.3, -0.25) is 4.79 Å². The molecule has 0 aliphatic carbocycles. The van der Waals surface area contributed by atoms with Crippen LogP contribution in [0.25, 0.3) is 22.2 Å². The second-order valence-electron chi connectivity index (χ2n) is 5.12. The molecule has 0 fully saturated rings. The number of carbonyl (C=O) groups is 1. The van der Waals surface area contributed by atoms with E-state index >= 15 is 0 Å². The fraction of sp³-hybridized carbons (Fsp3) is 0.118. The molecule has 3 aromatic rings. The van der Waals surface area contributed by atoms with Crippen LogP contribution in [0.4, 0.5) is 13.2 Å². The first-order valence-corrected chi connectivity index (χ1v) is 6.66. The van der Waals surface area contributed by atoms with Crippen molar-refractivity contribution < 1.29 is 18.0 Å². The van der Waals surface area contributed by atoms with E-state index in [2.05, 4.69) is 4.98 Å². The highest BCUT2D eigenvalue weighted by molar-refractivity contribution is 6.05. The quantitative estimate of drug-likeness (QED) is 0.666. The lowest BCUT2D eigenvalue weighted by molar-refractivity contribution is -0.136. The van der Waals surface area contributed by atoms with E-state index in [1.165, 1.54) is 12.1 Å². The van der Waals surface area contributed by atoms with Crippen LogP contribution < -0.4 is 0 Å². The van der Waals surface area contributed by atoms with Crippen molar-refractivity contribution in [2.45, 2.75) is 13.1 Å². The molecule has 22 heavy (non-hydrogen) atoms. The van der Waals surface area contributed by atoms with E-state index in [0.717, 1.165) is 11.6 Å². The molecule has 1 aromatic heterocycles. The van der Waals surface area contributed by atoms with Gasteiger partial charge in [-0.15, -0.1) is 0 Å². The summed E-state index contributed by atoms with van der Waals surface area (Å²) < 4.78 is 39.3. The standard InChI is InChI=1S/C17H12F3NO/c1-10-5-7-11(8-6-10)15-13(9-22)12-3-2-4-14(16(12)21-15)17(18,19)20/h2-9,21H,1H3. The summed E-state index contributed by atoms with van der Waals surface area (Å²) in [6.07, 6.45) is -3.89. The molecule has 1 heterocycles. The van der Waals surface area contributed by atoms with Crippen LogP contribution in [-0.4, -0.2) is 11.3 Å². The summed E-state index contributed by atoms with van der Waals surface area (Å²) in [4.78, 5) is 14.2. The van der Waals surface area contributed by atoms with Gasteiger partial charge in [0.15, 0.2) is 6.29 Å². The summed E-state index contributed by atoms with van der Waals surface area (Å²) in [7, 11) is 0. The molecular weight excluding hydrogens is 291 g/mol. The number of halogens is 3. The molecule has 0 aliphatic heterocycles. The van der Waals surface area contributed by atoms with Crippen LogP contribution in [0, 0.1) is 6.92 Å². The number of nitrogens with one attached hydrogen (secondary N) is 1. The number of aldehydes is 1. The first-order valence-electron chi connectivity index (χ1n) is 6.66. The van der Waals surface area contributed by atoms with Gasteiger partial charge in [0.05, 0.1) is 16.8 Å². The molecular formula is C17H12F3NO. The first kappa shape index (κ1) is 14.4. The van der Waals surface area contributed by atoms with Gasteiger partial charge in [-0.25, -0.2) is 0 Å². The summed E-state index contributed by atoms with van der Waals surface area (Å²) in [5.74, 6) is 0. The summed E-state index contributed by atoms with van der Waals surface area (Å²) in [5.41, 5.74) is 1.52. The number of benzene rings is 2. The van der Waals surface area contributed by atoms with E-state index < -0.39 is 11.7 Å². The third-order valence-corrected chi connectivity index (χ3v) is 3.64. The second kappa shape index (κ2) is 5.02. The molecule has 2 nitrogen and oxygen atoms in total. The number of para-hydroxylation sites is 1. The van der Waals surface area contributed by atoms with Crippen LogP contribution in [0.3, 0.4) is 0 Å². The van der Waals surface area contributed by atoms with Crippen molar-refractivity contribution in [2.24, 2.45) is 0 Å². The van der Waals surface area contributed by atoms with Gasteiger partial charge in [0.25, 0.3) is 0 Å². The van der Waals surface area contributed by atoms with Gasteiger partial charge in [0.1, 0.15) is 0 Å². The van der Waals surface area contributed by atoms with Crippen LogP contribution in [0.15, 0.2) is 42.5 Å². The van der Waals surface area contributed by atoms with Crippen molar-refractivity contribution in [2.75, 3.05) is 0 Å². The second-order valence-corrected chi connectivity index (χ2v) is 5.12. The zero-order chi connectivity index (χ0) is 15.9. The predicted octanol–water partition coefficient (Wildman–Crippen LogP) is 4.97. The zero-order valence-corrected chi connectivity index (χ0v) is 11.7. The number of alkyl halides is 3. The van der Waals surface area contributed by atoms with Crippen LogP contribution in [0.2, 0.25) is 0 Å². The maximum Gasteiger partial charge on any atom is 0.418 e. The van der Waals surface area contributed by atoms with Crippen LogP contribution in [0.5, 0.6) is 0 Å². The molecule has 112 valence electrons. The Balaban J connectivity index is 2.32. The van der Waals surface area contributed by atoms with E-state index in [9.17, 15) is 18.0 Å². The smallest absolute Gasteiger partial charge is 0.353 e. The Morgan fingerprint density at radius 3 is 2.32 bits per heavy atom. The lowest BCUT2D eigenvalue weighted by Crippen LogP contribution is -2.05. The summed E-state index contributed by atoms with van der Waals surface area (Å²) in [5, 5.41) is 0.278. The van der Waals surface area contributed by atoms with E-state index in [4.69, 9.17) is 0 Å². The summed E-state index contributed by atoms with van der Waals surface area (Å²) in [6.45, 7) is 1.91. The van der Waals surface area contributed by atoms with Crippen molar-refractivity contribution in [1.82, 2.24) is 4.98 Å². The van der Waals surface area contributed by atoms with Crippen molar-refractivity contribution in [1.29, 1.82) is 0 Å². The molecule has 3 rings (SSSR count). The zero-order valence-electron chi connectivity index (χ0n) is 11.7. The highest BCUT2D eigenvalue weighted by Gasteiger charge is 2.33. The Labute approximate surface area is 124 Å². The third-order valence-electron chi connectivity index (χ3n) is 3.64. The molecule has 0 saturated carbocycles. The molecule has 0 bridgehead atoms. The van der Waals surface area contributed by atoms with Crippen molar-refractivity contribution in [3.8, 4) is 11.3 Å². The molecule has 0 saturated heterocycles. The first-order chi connectivity index (χ1) is 10.4. The average Bonchev–Trinajstić information content (AvgIpc) is 2.85. The molecule has 2 aromatic carbocycles. The Hall–Kier alpha value is -2.56. The van der Waals surface area contributed by atoms with Crippen LogP contribution in [-0.2, 0) is 6.18 Å². The highest BCUT2D eigenvalue weighted by atomic mass is 19.4. The van der Waals surface area contributed by atoms with Crippen molar-refractivity contribution >= 4 is 17.2 Å². The van der Waals surface area contributed by atoms with E-state index in [-0.39, 0.29) is 16.5 Å². The Morgan fingerprint density at radius 2 is 1.73 bits per heavy atom. The maximum absolute atomic E-state index is 13.1. The van der Waals surface area contributed by atoms with Crippen LogP contribution >= 0.6 is 0 Å². The predicted molar refractivity (Wildman–Crippen MR) is 78.9 cm³/mol. The maximum atomic E-state index is 13.1. The Bertz CT molecular complexity index is 845. The number of aromatic nitrogens is 1. The molecule has 1 N–H and O–H groups in total. The molecule has 0 aliphatic rings. The third kappa shape index (κ3) is 2.28. The van der Waals surface area contributed by atoms with Gasteiger partial charge in [-0.2, -0.15) is 13.2 Å². The van der Waals surface area contributed by atoms with E-state index in [0.29, 0.717) is 17.5 Å². The van der Waals surface area contributed by atoms with Gasteiger partial charge in [-0.05, 0) is 18.6 Å². The van der Waals surface area contributed by atoms with Gasteiger partial charge in [0.2, 0.25) is 0 Å². The lowest BCUT2D eigenvalue weighted by Gasteiger charge is -2.07. The minimum Gasteiger partial charge on any atom is -0.353 e. The minimum atomic E-state index is -4.48. The number of hydrogen-bond acceptors (Lipinski definition) is 1. The number of aryl methyl sites for hydroxylation is 1. The normalized spacial score (nSPS) is 11.8. The average molecular weight is 303 g/mol. The van der Waals surface area contributed by atoms with Gasteiger partial charge < -0.3 is 4.98 Å². The fourth-order valence-corrected chi connectivity index (χ4v) is 2.54. The molecule has 0 spiro atoms. The van der Waals surface area contributed by atoms with Crippen LogP contribution in [0.1, 0.15) is 21.5 Å². The van der Waals surface area contributed by atoms with E-state index in [1.54, 1.807) is 12.1 Å². The number of aromatic amines is 1. The van der Waals surface area contributed by atoms with Gasteiger partial charge in [0, 0.05) is 10.9 Å². The van der Waals surface area contributed by atoms with E-state index in [1.807, 2.05) is 19.1 Å². The fourth-order valence-electron chi connectivity index (χ4n) is 2.54. The number of fused-ring (bicyclic) bond motifs is 1. The molecule has 0 amide bonds. The Morgan fingerprint density at radius 1 is 1.05 bits per heavy atom.